The Bertz CT molecular complexity index is 718. The van der Waals surface area contributed by atoms with Gasteiger partial charge in [0, 0.05) is 34.2 Å². The molecule has 0 radical (unpaired) electrons. The van der Waals surface area contributed by atoms with Crippen molar-refractivity contribution in [3.8, 4) is 5.75 Å². The van der Waals surface area contributed by atoms with Crippen LogP contribution in [-0.2, 0) is 16.1 Å². The number of nitrogens with two attached hydrogens (primary N) is 1. The lowest BCUT2D eigenvalue weighted by Gasteiger charge is -2.31. The number of amides is 2. The van der Waals surface area contributed by atoms with Gasteiger partial charge >= 0.3 is 0 Å². The van der Waals surface area contributed by atoms with Crippen LogP contribution in [0.1, 0.15) is 31.2 Å². The topological polar surface area (TPSA) is 109 Å². The summed E-state index contributed by atoms with van der Waals surface area (Å²) < 4.78 is 5.33. The van der Waals surface area contributed by atoms with Crippen molar-refractivity contribution < 1.29 is 14.3 Å². The van der Waals surface area contributed by atoms with Gasteiger partial charge < -0.3 is 26.0 Å². The fraction of sp³-hybridized carbons (Fsp3) is 0.550. The summed E-state index contributed by atoms with van der Waals surface area (Å²) in [7, 11) is 5.32. The van der Waals surface area contributed by atoms with Crippen LogP contribution in [-0.4, -0.2) is 57.0 Å². The highest BCUT2D eigenvalue weighted by atomic mass is 127. The predicted octanol–water partition coefficient (Wildman–Crippen LogP) is 1.48. The molecule has 0 aromatic heterocycles. The van der Waals surface area contributed by atoms with Gasteiger partial charge in [-0.05, 0) is 30.5 Å². The van der Waals surface area contributed by atoms with Crippen molar-refractivity contribution in [3.63, 3.8) is 0 Å². The van der Waals surface area contributed by atoms with E-state index >= 15 is 0 Å². The van der Waals surface area contributed by atoms with E-state index in [1.807, 2.05) is 32.3 Å². The normalized spacial score (nSPS) is 15.2. The van der Waals surface area contributed by atoms with Gasteiger partial charge in [0.1, 0.15) is 5.75 Å². The van der Waals surface area contributed by atoms with Gasteiger partial charge in [0.25, 0.3) is 5.91 Å². The summed E-state index contributed by atoms with van der Waals surface area (Å²) in [6, 6.07) is 7.42. The molecule has 2 rings (SSSR count). The molecular weight excluding hydrogens is 485 g/mol. The minimum Gasteiger partial charge on any atom is -0.484 e. The number of nitrogens with one attached hydrogen (secondary N) is 2. The molecule has 29 heavy (non-hydrogen) atoms. The zero-order valence-electron chi connectivity index (χ0n) is 17.4. The van der Waals surface area contributed by atoms with Gasteiger partial charge in [-0.1, -0.05) is 25.0 Å². The minimum absolute atomic E-state index is 0. The fourth-order valence-electron chi connectivity index (χ4n) is 3.55. The monoisotopic (exact) mass is 517 g/mol. The van der Waals surface area contributed by atoms with Gasteiger partial charge in [-0.2, -0.15) is 0 Å². The molecule has 1 aliphatic rings. The molecule has 4 N–H and O–H groups in total. The second-order valence-electron chi connectivity index (χ2n) is 7.37. The van der Waals surface area contributed by atoms with Crippen molar-refractivity contribution in [2.45, 2.75) is 32.2 Å². The van der Waals surface area contributed by atoms with Gasteiger partial charge in [0.2, 0.25) is 5.91 Å². The van der Waals surface area contributed by atoms with Crippen molar-refractivity contribution in [1.29, 1.82) is 0 Å². The second-order valence-corrected chi connectivity index (χ2v) is 7.37. The molecule has 1 fully saturated rings. The summed E-state index contributed by atoms with van der Waals surface area (Å²) >= 11 is 0. The lowest BCUT2D eigenvalue weighted by atomic mass is 9.84. The van der Waals surface area contributed by atoms with Crippen LogP contribution >= 0.6 is 24.0 Å². The Hall–Kier alpha value is -2.04. The molecule has 0 atom stereocenters. The number of hydrogen-bond acceptors (Lipinski definition) is 4. The number of ether oxygens (including phenoxy) is 1. The Morgan fingerprint density at radius 1 is 1.24 bits per heavy atom. The third-order valence-electron chi connectivity index (χ3n) is 4.98. The molecule has 2 amide bonds. The Morgan fingerprint density at radius 3 is 2.52 bits per heavy atom. The first-order valence-electron chi connectivity index (χ1n) is 9.52. The number of aliphatic imine (C=N–C) groups is 1. The Morgan fingerprint density at radius 2 is 1.93 bits per heavy atom. The van der Waals surface area contributed by atoms with Crippen LogP contribution in [0.4, 0.5) is 0 Å². The van der Waals surface area contributed by atoms with Crippen LogP contribution in [0.5, 0.6) is 5.75 Å². The molecule has 0 spiro atoms. The van der Waals surface area contributed by atoms with E-state index in [2.05, 4.69) is 15.6 Å². The van der Waals surface area contributed by atoms with Gasteiger partial charge in [-0.25, -0.2) is 0 Å². The summed E-state index contributed by atoms with van der Waals surface area (Å²) in [6.45, 7) is 0.940. The number of carbonyl (C=O) groups excluding carboxylic acids is 2. The van der Waals surface area contributed by atoms with E-state index in [4.69, 9.17) is 10.5 Å². The maximum atomic E-state index is 12.7. The molecule has 9 heteroatoms. The molecule has 0 unspecified atom stereocenters. The van der Waals surface area contributed by atoms with Gasteiger partial charge in [0.15, 0.2) is 12.6 Å². The van der Waals surface area contributed by atoms with Crippen molar-refractivity contribution in [2.75, 3.05) is 34.3 Å². The first kappa shape index (κ1) is 25.0. The van der Waals surface area contributed by atoms with Crippen LogP contribution < -0.4 is 21.1 Å². The molecule has 0 heterocycles. The summed E-state index contributed by atoms with van der Waals surface area (Å²) in [5, 5.41) is 6.57. The number of benzene rings is 1. The maximum absolute atomic E-state index is 12.7. The van der Waals surface area contributed by atoms with Crippen LogP contribution in [0.3, 0.4) is 0 Å². The standard InChI is InChI=1S/C20H31N5O3.HI/c1-22-19(24-14-20(9-4-5-10-20)18(27)25(2)3)23-12-15-7-6-8-16(11-15)28-13-17(21)26;/h6-8,11H,4-5,9-10,12-14H2,1-3H3,(H2,21,26)(H2,22,23,24);1H. The average Bonchev–Trinajstić information content (AvgIpc) is 3.16. The molecule has 1 aromatic rings. The fourth-order valence-corrected chi connectivity index (χ4v) is 3.55. The molecule has 0 bridgehead atoms. The summed E-state index contributed by atoms with van der Waals surface area (Å²) in [4.78, 5) is 29.5. The maximum Gasteiger partial charge on any atom is 0.255 e. The Balaban J connectivity index is 0.00000420. The molecule has 1 saturated carbocycles. The molecule has 1 aliphatic carbocycles. The summed E-state index contributed by atoms with van der Waals surface area (Å²) in [6.07, 6.45) is 3.94. The van der Waals surface area contributed by atoms with E-state index in [0.717, 1.165) is 31.2 Å². The average molecular weight is 517 g/mol. The largest absolute Gasteiger partial charge is 0.484 e. The van der Waals surface area contributed by atoms with E-state index in [1.165, 1.54) is 0 Å². The van der Waals surface area contributed by atoms with E-state index in [1.54, 1.807) is 18.0 Å². The second kappa shape index (κ2) is 11.8. The predicted molar refractivity (Wildman–Crippen MR) is 124 cm³/mol. The highest BCUT2D eigenvalue weighted by molar-refractivity contribution is 14.0. The van der Waals surface area contributed by atoms with Crippen LogP contribution in [0, 0.1) is 5.41 Å². The highest BCUT2D eigenvalue weighted by Gasteiger charge is 2.42. The quantitative estimate of drug-likeness (QED) is 0.275. The van der Waals surface area contributed by atoms with E-state index in [9.17, 15) is 9.59 Å². The zero-order chi connectivity index (χ0) is 20.6. The van der Waals surface area contributed by atoms with Crippen molar-refractivity contribution >= 4 is 41.8 Å². The van der Waals surface area contributed by atoms with Crippen LogP contribution in [0.15, 0.2) is 29.3 Å². The number of halogens is 1. The smallest absolute Gasteiger partial charge is 0.255 e. The van der Waals surface area contributed by atoms with E-state index < -0.39 is 5.91 Å². The van der Waals surface area contributed by atoms with Crippen molar-refractivity contribution in [1.82, 2.24) is 15.5 Å². The first-order chi connectivity index (χ1) is 13.4. The van der Waals surface area contributed by atoms with Crippen LogP contribution in [0.25, 0.3) is 0 Å². The number of carbonyl (C=O) groups is 2. The van der Waals surface area contributed by atoms with Crippen molar-refractivity contribution in [3.05, 3.63) is 29.8 Å². The lowest BCUT2D eigenvalue weighted by Crippen LogP contribution is -2.49. The van der Waals surface area contributed by atoms with E-state index in [-0.39, 0.29) is 41.9 Å². The zero-order valence-corrected chi connectivity index (χ0v) is 19.7. The lowest BCUT2D eigenvalue weighted by molar-refractivity contribution is -0.138. The van der Waals surface area contributed by atoms with Gasteiger partial charge in [-0.15, -0.1) is 24.0 Å². The molecule has 162 valence electrons. The van der Waals surface area contributed by atoms with Crippen LogP contribution in [0.2, 0.25) is 0 Å². The van der Waals surface area contributed by atoms with Gasteiger partial charge in [-0.3, -0.25) is 14.6 Å². The number of primary amides is 1. The number of hydrogen-bond donors (Lipinski definition) is 3. The Kier molecular flexibility index (Phi) is 10.2. The van der Waals surface area contributed by atoms with Crippen molar-refractivity contribution in [2.24, 2.45) is 16.1 Å². The highest BCUT2D eigenvalue weighted by Crippen LogP contribution is 2.38. The first-order valence-corrected chi connectivity index (χ1v) is 9.52. The van der Waals surface area contributed by atoms with Gasteiger partial charge in [0.05, 0.1) is 5.41 Å². The molecule has 1 aromatic carbocycles. The third kappa shape index (κ3) is 7.37. The Labute approximate surface area is 189 Å². The third-order valence-corrected chi connectivity index (χ3v) is 4.98. The molecule has 0 aliphatic heterocycles. The van der Waals surface area contributed by atoms with E-state index in [0.29, 0.717) is 24.8 Å². The number of guanidine groups is 1. The molecular formula is C20H32IN5O3. The molecule has 8 nitrogen and oxygen atoms in total. The molecule has 0 saturated heterocycles. The summed E-state index contributed by atoms with van der Waals surface area (Å²) in [5.74, 6) is 0.886. The minimum atomic E-state index is -0.513. The SMILES string of the molecule is CN=C(NCc1cccc(OCC(N)=O)c1)NCC1(C(=O)N(C)C)CCCC1.I. The number of rotatable bonds is 8. The summed E-state index contributed by atoms with van der Waals surface area (Å²) in [5.41, 5.74) is 5.72. The number of nitrogens with zero attached hydrogens (tertiary/aromatic N) is 2.